The van der Waals surface area contributed by atoms with E-state index in [-0.39, 0.29) is 24.4 Å². The molecule has 0 aromatic heterocycles. The summed E-state index contributed by atoms with van der Waals surface area (Å²) in [5, 5.41) is 8.88. The molecule has 1 atom stereocenters. The number of benzene rings is 2. The second kappa shape index (κ2) is 11.7. The van der Waals surface area contributed by atoms with Gasteiger partial charge in [-0.15, -0.1) is 0 Å². The van der Waals surface area contributed by atoms with Crippen molar-refractivity contribution in [3.63, 3.8) is 0 Å². The van der Waals surface area contributed by atoms with Gasteiger partial charge in [-0.05, 0) is 56.2 Å². The predicted molar refractivity (Wildman–Crippen MR) is 118 cm³/mol. The third kappa shape index (κ3) is 7.49. The Labute approximate surface area is 173 Å². The first-order valence-electron chi connectivity index (χ1n) is 10.2. The molecule has 2 rings (SSSR count). The van der Waals surface area contributed by atoms with Crippen molar-refractivity contribution >= 4 is 23.2 Å². The smallest absolute Gasteiger partial charge is 0.251 e. The van der Waals surface area contributed by atoms with Crippen molar-refractivity contribution in [2.45, 2.75) is 46.1 Å². The lowest BCUT2D eigenvalue weighted by molar-refractivity contribution is -0.114. The average molecular weight is 398 g/mol. The molecule has 0 spiro atoms. The van der Waals surface area contributed by atoms with E-state index in [0.29, 0.717) is 23.6 Å². The molecule has 0 saturated heterocycles. The summed E-state index contributed by atoms with van der Waals surface area (Å²) in [6, 6.07) is 14.6. The Bertz CT molecular complexity index is 790. The van der Waals surface area contributed by atoms with Gasteiger partial charge in [0.25, 0.3) is 5.91 Å². The summed E-state index contributed by atoms with van der Waals surface area (Å²) >= 11 is 0. The summed E-state index contributed by atoms with van der Waals surface area (Å²) in [5.74, 6) is 0.407. The monoisotopic (exact) mass is 397 g/mol. The molecule has 6 heteroatoms. The molecule has 0 aliphatic heterocycles. The number of rotatable bonds is 11. The van der Waals surface area contributed by atoms with Crippen LogP contribution in [0.15, 0.2) is 48.5 Å². The summed E-state index contributed by atoms with van der Waals surface area (Å²) in [6.45, 7) is 6.84. The van der Waals surface area contributed by atoms with Crippen LogP contribution in [0.4, 0.5) is 11.4 Å². The zero-order valence-electron chi connectivity index (χ0n) is 17.5. The second-order valence-electron chi connectivity index (χ2n) is 6.96. The quantitative estimate of drug-likeness (QED) is 0.490. The van der Waals surface area contributed by atoms with E-state index in [1.807, 2.05) is 38.1 Å². The van der Waals surface area contributed by atoms with Crippen LogP contribution in [0.3, 0.4) is 0 Å². The lowest BCUT2D eigenvalue weighted by atomic mass is 10.1. The van der Waals surface area contributed by atoms with E-state index in [0.717, 1.165) is 24.9 Å². The third-order valence-corrected chi connectivity index (χ3v) is 4.51. The van der Waals surface area contributed by atoms with Crippen LogP contribution >= 0.6 is 0 Å². The van der Waals surface area contributed by atoms with Crippen LogP contribution in [0.2, 0.25) is 0 Å². The van der Waals surface area contributed by atoms with E-state index in [9.17, 15) is 9.59 Å². The first-order valence-corrected chi connectivity index (χ1v) is 10.2. The molecule has 2 aromatic carbocycles. The molecule has 29 heavy (non-hydrogen) atoms. The van der Waals surface area contributed by atoms with Crippen LogP contribution in [0.1, 0.15) is 50.4 Å². The maximum atomic E-state index is 12.3. The highest BCUT2D eigenvalue weighted by atomic mass is 16.5. The van der Waals surface area contributed by atoms with Crippen LogP contribution in [0.25, 0.3) is 0 Å². The van der Waals surface area contributed by atoms with Crippen LogP contribution in [-0.4, -0.2) is 31.0 Å². The maximum absolute atomic E-state index is 12.3. The van der Waals surface area contributed by atoms with Gasteiger partial charge in [0.15, 0.2) is 0 Å². The number of ether oxygens (including phenoxy) is 1. The minimum Gasteiger partial charge on any atom is -0.491 e. The predicted octanol–water partition coefficient (Wildman–Crippen LogP) is 4.44. The highest BCUT2D eigenvalue weighted by Gasteiger charge is 2.10. The van der Waals surface area contributed by atoms with Crippen molar-refractivity contribution in [3.05, 3.63) is 54.1 Å². The fraction of sp³-hybridized carbons (Fsp3) is 0.391. The minimum absolute atomic E-state index is 0.0941. The number of carbonyl (C=O) groups excluding carboxylic acids is 2. The van der Waals surface area contributed by atoms with Crippen molar-refractivity contribution in [2.75, 3.05) is 23.8 Å². The molecule has 6 nitrogen and oxygen atoms in total. The van der Waals surface area contributed by atoms with Gasteiger partial charge >= 0.3 is 0 Å². The van der Waals surface area contributed by atoms with Gasteiger partial charge in [-0.2, -0.15) is 0 Å². The number of hydrogen-bond donors (Lipinski definition) is 3. The number of nitrogens with one attached hydrogen (secondary N) is 3. The van der Waals surface area contributed by atoms with Gasteiger partial charge in [-0.25, -0.2) is 0 Å². The summed E-state index contributed by atoms with van der Waals surface area (Å²) in [5.41, 5.74) is 2.03. The molecule has 0 saturated carbocycles. The summed E-state index contributed by atoms with van der Waals surface area (Å²) in [4.78, 5) is 24.4. The van der Waals surface area contributed by atoms with Crippen LogP contribution in [0.5, 0.6) is 5.75 Å². The summed E-state index contributed by atoms with van der Waals surface area (Å²) in [7, 11) is 0. The number of unbranched alkanes of at least 4 members (excludes halogenated alkanes) is 1. The number of para-hydroxylation sites is 2. The van der Waals surface area contributed by atoms with Crippen molar-refractivity contribution in [2.24, 2.45) is 0 Å². The molecular weight excluding hydrogens is 366 g/mol. The highest BCUT2D eigenvalue weighted by Crippen LogP contribution is 2.24. The zero-order chi connectivity index (χ0) is 21.1. The first-order chi connectivity index (χ1) is 14.0. The third-order valence-electron chi connectivity index (χ3n) is 4.51. The Balaban J connectivity index is 1.86. The van der Waals surface area contributed by atoms with Crippen molar-refractivity contribution in [1.82, 2.24) is 5.32 Å². The average Bonchev–Trinajstić information content (AvgIpc) is 2.74. The molecule has 0 aliphatic rings. The lowest BCUT2D eigenvalue weighted by Gasteiger charge is -2.13. The van der Waals surface area contributed by atoms with E-state index in [1.165, 1.54) is 0 Å². The van der Waals surface area contributed by atoms with Gasteiger partial charge in [0.05, 0.1) is 18.8 Å². The van der Waals surface area contributed by atoms with Gasteiger partial charge in [0.2, 0.25) is 5.91 Å². The Hall–Kier alpha value is -3.02. The second-order valence-corrected chi connectivity index (χ2v) is 6.96. The molecule has 0 bridgehead atoms. The van der Waals surface area contributed by atoms with E-state index >= 15 is 0 Å². The minimum atomic E-state index is -0.171. The molecule has 3 N–H and O–H groups in total. The van der Waals surface area contributed by atoms with Crippen LogP contribution in [0, 0.1) is 0 Å². The topological polar surface area (TPSA) is 79.5 Å². The molecule has 0 radical (unpaired) electrons. The number of carbonyl (C=O) groups is 2. The Morgan fingerprint density at radius 1 is 1.03 bits per heavy atom. The van der Waals surface area contributed by atoms with E-state index in [4.69, 9.17) is 4.74 Å². The molecule has 2 amide bonds. The van der Waals surface area contributed by atoms with E-state index in [1.54, 1.807) is 24.3 Å². The normalized spacial score (nSPS) is 11.4. The molecule has 156 valence electrons. The Kier molecular flexibility index (Phi) is 9.02. The van der Waals surface area contributed by atoms with Gasteiger partial charge in [-0.1, -0.05) is 32.4 Å². The number of hydrogen-bond acceptors (Lipinski definition) is 4. The lowest BCUT2D eigenvalue weighted by Crippen LogP contribution is -2.31. The molecule has 0 fully saturated rings. The van der Waals surface area contributed by atoms with E-state index < -0.39 is 0 Å². The largest absolute Gasteiger partial charge is 0.491 e. The fourth-order valence-corrected chi connectivity index (χ4v) is 2.55. The molecule has 0 heterocycles. The Morgan fingerprint density at radius 3 is 2.45 bits per heavy atom. The highest BCUT2D eigenvalue weighted by molar-refractivity contribution is 5.96. The van der Waals surface area contributed by atoms with Crippen molar-refractivity contribution < 1.29 is 14.3 Å². The fourth-order valence-electron chi connectivity index (χ4n) is 2.55. The first kappa shape index (κ1) is 22.3. The summed E-state index contributed by atoms with van der Waals surface area (Å²) < 4.78 is 5.74. The molecule has 1 unspecified atom stereocenters. The SMILES string of the molecule is CCCCOc1ccccc1NC(=O)CNc1ccc(C(=O)NC(C)CC)cc1. The molecule has 0 aliphatic carbocycles. The standard InChI is InChI=1S/C23H31N3O3/c1-4-6-15-29-21-10-8-7-9-20(21)26-22(27)16-24-19-13-11-18(12-14-19)23(28)25-17(3)5-2/h7-14,17,24H,4-6,15-16H2,1-3H3,(H,25,28)(H,26,27). The van der Waals surface area contributed by atoms with Crippen molar-refractivity contribution in [1.29, 1.82) is 0 Å². The number of anilines is 2. The molecule has 2 aromatic rings. The van der Waals surface area contributed by atoms with Crippen molar-refractivity contribution in [3.8, 4) is 5.75 Å². The Morgan fingerprint density at radius 2 is 1.76 bits per heavy atom. The van der Waals surface area contributed by atoms with Gasteiger partial charge in [0.1, 0.15) is 5.75 Å². The van der Waals surface area contributed by atoms with Crippen LogP contribution in [-0.2, 0) is 4.79 Å². The molecular formula is C23H31N3O3. The van der Waals surface area contributed by atoms with Gasteiger partial charge in [0, 0.05) is 17.3 Å². The van der Waals surface area contributed by atoms with Gasteiger partial charge in [-0.3, -0.25) is 9.59 Å². The van der Waals surface area contributed by atoms with Crippen LogP contribution < -0.4 is 20.7 Å². The maximum Gasteiger partial charge on any atom is 0.251 e. The van der Waals surface area contributed by atoms with E-state index in [2.05, 4.69) is 22.9 Å². The van der Waals surface area contributed by atoms with Gasteiger partial charge < -0.3 is 20.7 Å². The zero-order valence-corrected chi connectivity index (χ0v) is 17.5. The number of amides is 2. The summed E-state index contributed by atoms with van der Waals surface area (Å²) in [6.07, 6.45) is 2.90.